The number of para-hydroxylation sites is 2. The van der Waals surface area contributed by atoms with E-state index in [0.717, 1.165) is 4.47 Å². The normalized spacial score (nSPS) is 11.4. The number of hydrogen-bond donors (Lipinski definition) is 2. The van der Waals surface area contributed by atoms with E-state index < -0.39 is 27.4 Å². The zero-order chi connectivity index (χ0) is 23.4. The lowest BCUT2D eigenvalue weighted by molar-refractivity contribution is -0.143. The molecule has 0 aromatic heterocycles. The number of nitrogens with one attached hydrogen (secondary N) is 1. The first-order valence-corrected chi connectivity index (χ1v) is 11.0. The molecule has 3 aromatic carbocycles. The third-order valence-electron chi connectivity index (χ3n) is 4.49. The van der Waals surface area contributed by atoms with E-state index in [-0.39, 0.29) is 10.5 Å². The predicted octanol–water partition coefficient (Wildman–Crippen LogP) is 3.47. The maximum atomic E-state index is 13.4. The van der Waals surface area contributed by atoms with E-state index in [9.17, 15) is 18.0 Å². The Bertz CT molecular complexity index is 1190. The average Bonchev–Trinajstić information content (AvgIpc) is 2.78. The van der Waals surface area contributed by atoms with Crippen LogP contribution in [0.3, 0.4) is 0 Å². The van der Waals surface area contributed by atoms with Gasteiger partial charge < -0.3 is 15.3 Å². The van der Waals surface area contributed by atoms with Gasteiger partial charge in [0.15, 0.2) is 5.75 Å². The molecule has 9 heteroatoms. The number of carbonyl (C=O) groups is 2. The number of benzene rings is 3. The van der Waals surface area contributed by atoms with E-state index in [0.29, 0.717) is 11.4 Å². The molecule has 3 aromatic rings. The number of nitrogens with zero attached hydrogens (tertiary/aromatic N) is 1. The topological polar surface area (TPSA) is 113 Å². The molecule has 0 bridgehead atoms. The summed E-state index contributed by atoms with van der Waals surface area (Å²) in [4.78, 5) is 29.2. The number of sulfonamides is 1. The first-order chi connectivity index (χ1) is 15.1. The second-order valence-corrected chi connectivity index (χ2v) is 9.13. The number of carboxylic acids is 1. The van der Waals surface area contributed by atoms with Crippen LogP contribution in [0.4, 0.5) is 5.69 Å². The van der Waals surface area contributed by atoms with Gasteiger partial charge in [-0.3, -0.25) is 4.79 Å². The highest BCUT2D eigenvalue weighted by atomic mass is 32.2. The molecule has 0 atom stereocenters. The van der Waals surface area contributed by atoms with Crippen LogP contribution in [0.25, 0.3) is 0 Å². The third kappa shape index (κ3) is 5.06. The molecule has 2 N–H and O–H groups in total. The summed E-state index contributed by atoms with van der Waals surface area (Å²) in [7, 11) is -4.16. The minimum absolute atomic E-state index is 0.105. The van der Waals surface area contributed by atoms with E-state index >= 15 is 0 Å². The summed E-state index contributed by atoms with van der Waals surface area (Å²) in [6.45, 7) is 2.70. The summed E-state index contributed by atoms with van der Waals surface area (Å²) in [6.07, 6.45) is 0. The summed E-state index contributed by atoms with van der Waals surface area (Å²) in [5.74, 6) is -1.50. The molecule has 8 nitrogen and oxygen atoms in total. The molecule has 0 fully saturated rings. The Kier molecular flexibility index (Phi) is 6.50. The molecule has 166 valence electrons. The van der Waals surface area contributed by atoms with Gasteiger partial charge in [0, 0.05) is 5.56 Å². The molecule has 1 amide bonds. The lowest BCUT2D eigenvalue weighted by Crippen LogP contribution is -2.49. The Morgan fingerprint density at radius 1 is 0.875 bits per heavy atom. The molecule has 0 unspecified atom stereocenters. The first kappa shape index (κ1) is 22.8. The first-order valence-electron chi connectivity index (χ1n) is 9.60. The molecule has 0 spiro atoms. The van der Waals surface area contributed by atoms with Crippen LogP contribution in [0.5, 0.6) is 5.75 Å². The van der Waals surface area contributed by atoms with Crippen molar-refractivity contribution in [3.05, 3.63) is 90.5 Å². The number of carbonyl (C=O) groups excluding carboxylic acids is 1. The van der Waals surface area contributed by atoms with Crippen LogP contribution in [0.1, 0.15) is 24.2 Å². The van der Waals surface area contributed by atoms with Crippen molar-refractivity contribution < 1.29 is 28.0 Å². The van der Waals surface area contributed by atoms with Gasteiger partial charge in [-0.05, 0) is 62.4 Å². The lowest BCUT2D eigenvalue weighted by atomic mass is 10.1. The van der Waals surface area contributed by atoms with Crippen molar-refractivity contribution in [2.45, 2.75) is 24.3 Å². The second-order valence-electron chi connectivity index (χ2n) is 7.38. The molecular weight excluding hydrogens is 432 g/mol. The maximum absolute atomic E-state index is 13.4. The highest BCUT2D eigenvalue weighted by molar-refractivity contribution is 7.92. The van der Waals surface area contributed by atoms with Gasteiger partial charge in [-0.25, -0.2) is 4.79 Å². The fraction of sp³-hybridized carbons (Fsp3) is 0.130. The van der Waals surface area contributed by atoms with Gasteiger partial charge in [-0.2, -0.15) is 8.42 Å². The summed E-state index contributed by atoms with van der Waals surface area (Å²) in [6, 6.07) is 21.9. The Morgan fingerprint density at radius 3 is 1.94 bits per heavy atom. The van der Waals surface area contributed by atoms with Crippen LogP contribution in [0.2, 0.25) is 0 Å². The summed E-state index contributed by atoms with van der Waals surface area (Å²) in [5.41, 5.74) is -1.06. The van der Waals surface area contributed by atoms with Crippen molar-refractivity contribution in [2.75, 3.05) is 4.47 Å². The quantitative estimate of drug-likeness (QED) is 0.504. The van der Waals surface area contributed by atoms with Gasteiger partial charge in [-0.15, -0.1) is 0 Å². The van der Waals surface area contributed by atoms with E-state index in [1.54, 1.807) is 60.7 Å². The second kappa shape index (κ2) is 9.11. The molecule has 0 heterocycles. The fourth-order valence-electron chi connectivity index (χ4n) is 2.65. The van der Waals surface area contributed by atoms with E-state index in [4.69, 9.17) is 9.94 Å². The number of carboxylic acid groups (broad SMARTS) is 1. The van der Waals surface area contributed by atoms with Crippen molar-refractivity contribution in [1.82, 2.24) is 5.32 Å². The molecule has 0 saturated carbocycles. The largest absolute Gasteiger partial charge is 0.480 e. The molecular formula is C23H22N2O6S. The van der Waals surface area contributed by atoms with Gasteiger partial charge in [-0.1, -0.05) is 40.9 Å². The number of hydrogen-bond acceptors (Lipinski definition) is 5. The van der Waals surface area contributed by atoms with Crippen molar-refractivity contribution in [2.24, 2.45) is 0 Å². The van der Waals surface area contributed by atoms with Crippen LogP contribution >= 0.6 is 0 Å². The van der Waals surface area contributed by atoms with E-state index in [1.165, 1.54) is 38.1 Å². The van der Waals surface area contributed by atoms with Gasteiger partial charge >= 0.3 is 5.97 Å². The van der Waals surface area contributed by atoms with E-state index in [1.807, 2.05) is 0 Å². The fourth-order valence-corrected chi connectivity index (χ4v) is 3.91. The van der Waals surface area contributed by atoms with Crippen molar-refractivity contribution in [1.29, 1.82) is 0 Å². The zero-order valence-electron chi connectivity index (χ0n) is 17.4. The summed E-state index contributed by atoms with van der Waals surface area (Å²) >= 11 is 0. The summed E-state index contributed by atoms with van der Waals surface area (Å²) in [5, 5.41) is 11.6. The number of anilines is 1. The van der Waals surface area contributed by atoms with Crippen molar-refractivity contribution in [3.8, 4) is 5.75 Å². The Morgan fingerprint density at radius 2 is 1.41 bits per heavy atom. The highest BCUT2D eigenvalue weighted by Crippen LogP contribution is 2.26. The minimum atomic E-state index is -4.16. The third-order valence-corrected chi connectivity index (χ3v) is 6.08. The maximum Gasteiger partial charge on any atom is 0.328 e. The van der Waals surface area contributed by atoms with Crippen LogP contribution in [-0.4, -0.2) is 30.9 Å². The molecule has 0 aliphatic heterocycles. The Labute approximate surface area is 186 Å². The highest BCUT2D eigenvalue weighted by Gasteiger charge is 2.30. The van der Waals surface area contributed by atoms with Gasteiger partial charge in [0.2, 0.25) is 0 Å². The molecule has 0 aliphatic rings. The monoisotopic (exact) mass is 454 g/mol. The summed E-state index contributed by atoms with van der Waals surface area (Å²) < 4.78 is 27.5. The number of amides is 1. The Hall–Kier alpha value is -3.85. The average molecular weight is 455 g/mol. The van der Waals surface area contributed by atoms with E-state index in [2.05, 4.69) is 5.32 Å². The molecule has 0 radical (unpaired) electrons. The predicted molar refractivity (Wildman–Crippen MR) is 119 cm³/mol. The van der Waals surface area contributed by atoms with Crippen molar-refractivity contribution in [3.63, 3.8) is 0 Å². The molecule has 3 rings (SSSR count). The lowest BCUT2D eigenvalue weighted by Gasteiger charge is -2.24. The number of rotatable bonds is 8. The van der Waals surface area contributed by atoms with Crippen LogP contribution in [-0.2, 0) is 14.8 Å². The smallest absolute Gasteiger partial charge is 0.328 e. The van der Waals surface area contributed by atoms with Gasteiger partial charge in [0.1, 0.15) is 5.54 Å². The van der Waals surface area contributed by atoms with Crippen molar-refractivity contribution >= 4 is 27.6 Å². The molecule has 0 aliphatic carbocycles. The SMILES string of the molecule is CC(C)(NC(=O)c1ccc(S(=O)(=O)N(Oc2ccccc2)c2ccccc2)cc1)C(=O)O. The standard InChI is InChI=1S/C23H22N2O6S/c1-23(2,22(27)28)24-21(26)17-13-15-20(16-14-17)32(29,30)25(18-9-5-3-6-10-18)31-19-11-7-4-8-12-19/h3-16H,1-2H3,(H,24,26)(H,27,28). The molecule has 0 saturated heterocycles. The van der Waals surface area contributed by atoms with Gasteiger partial charge in [0.25, 0.3) is 15.9 Å². The Balaban J connectivity index is 1.91. The van der Waals surface area contributed by atoms with Gasteiger partial charge in [0.05, 0.1) is 10.6 Å². The van der Waals surface area contributed by atoms with Crippen LogP contribution < -0.4 is 14.6 Å². The van der Waals surface area contributed by atoms with Crippen LogP contribution in [0.15, 0.2) is 89.8 Å². The zero-order valence-corrected chi connectivity index (χ0v) is 18.2. The van der Waals surface area contributed by atoms with Crippen LogP contribution in [0, 0.1) is 0 Å². The number of aliphatic carboxylic acids is 1. The molecule has 32 heavy (non-hydrogen) atoms. The minimum Gasteiger partial charge on any atom is -0.480 e.